The van der Waals surface area contributed by atoms with E-state index in [4.69, 9.17) is 10.5 Å². The van der Waals surface area contributed by atoms with E-state index in [1.807, 2.05) is 12.1 Å². The number of hydrogen-bond donors (Lipinski definition) is 1. The Morgan fingerprint density at radius 1 is 1.44 bits per heavy atom. The van der Waals surface area contributed by atoms with Gasteiger partial charge in [-0.25, -0.2) is 4.39 Å². The molecule has 1 fully saturated rings. The monoisotopic (exact) mass is 252 g/mol. The van der Waals surface area contributed by atoms with E-state index in [0.717, 1.165) is 31.7 Å². The topological polar surface area (TPSA) is 38.5 Å². The smallest absolute Gasteiger partial charge is 0.132 e. The molecule has 0 spiro atoms. The summed E-state index contributed by atoms with van der Waals surface area (Å²) in [5, 5.41) is 0. The summed E-state index contributed by atoms with van der Waals surface area (Å²) in [6, 6.07) is 5.47. The average molecular weight is 252 g/mol. The van der Waals surface area contributed by atoms with E-state index in [1.165, 1.54) is 0 Å². The fourth-order valence-corrected chi connectivity index (χ4v) is 2.58. The number of hydrogen-bond acceptors (Lipinski definition) is 3. The van der Waals surface area contributed by atoms with Gasteiger partial charge in [0.1, 0.15) is 5.82 Å². The molecule has 1 aliphatic heterocycles. The van der Waals surface area contributed by atoms with Crippen molar-refractivity contribution < 1.29 is 9.13 Å². The average Bonchev–Trinajstić information content (AvgIpc) is 2.80. The van der Waals surface area contributed by atoms with Crippen LogP contribution in [0.4, 0.5) is 4.39 Å². The second-order valence-electron chi connectivity index (χ2n) is 4.94. The number of nitrogens with zero attached hydrogens (tertiary/aromatic N) is 1. The lowest BCUT2D eigenvalue weighted by molar-refractivity contribution is 0.152. The van der Waals surface area contributed by atoms with E-state index >= 15 is 0 Å². The van der Waals surface area contributed by atoms with Crippen molar-refractivity contribution in [3.05, 3.63) is 35.1 Å². The van der Waals surface area contributed by atoms with Gasteiger partial charge < -0.3 is 10.5 Å². The van der Waals surface area contributed by atoms with E-state index in [-0.39, 0.29) is 12.4 Å². The molecule has 0 saturated carbocycles. The SMILES string of the molecule is COCC1CCN(Cc2cccc(CN)c2F)C1. The van der Waals surface area contributed by atoms with Gasteiger partial charge in [0.2, 0.25) is 0 Å². The van der Waals surface area contributed by atoms with Crippen LogP contribution in [0.2, 0.25) is 0 Å². The van der Waals surface area contributed by atoms with Crippen molar-refractivity contribution in [1.82, 2.24) is 4.90 Å². The maximum atomic E-state index is 14.0. The third-order valence-corrected chi connectivity index (χ3v) is 3.54. The number of ether oxygens (including phenoxy) is 1. The van der Waals surface area contributed by atoms with Crippen LogP contribution in [0.25, 0.3) is 0 Å². The van der Waals surface area contributed by atoms with Crippen molar-refractivity contribution >= 4 is 0 Å². The maximum absolute atomic E-state index is 14.0. The van der Waals surface area contributed by atoms with Crippen LogP contribution in [0.5, 0.6) is 0 Å². The standard InChI is InChI=1S/C14H21FN2O/c1-18-10-11-5-6-17(8-11)9-13-4-2-3-12(7-16)14(13)15/h2-4,11H,5-10,16H2,1H3. The molecule has 0 aromatic heterocycles. The largest absolute Gasteiger partial charge is 0.384 e. The molecule has 1 aliphatic rings. The van der Waals surface area contributed by atoms with Crippen molar-refractivity contribution in [3.63, 3.8) is 0 Å². The molecule has 4 heteroatoms. The van der Waals surface area contributed by atoms with E-state index in [2.05, 4.69) is 4.90 Å². The van der Waals surface area contributed by atoms with Gasteiger partial charge in [0.05, 0.1) is 6.61 Å². The molecular weight excluding hydrogens is 231 g/mol. The summed E-state index contributed by atoms with van der Waals surface area (Å²) >= 11 is 0. The molecule has 2 N–H and O–H groups in total. The number of benzene rings is 1. The minimum Gasteiger partial charge on any atom is -0.384 e. The summed E-state index contributed by atoms with van der Waals surface area (Å²) in [5.74, 6) is 0.436. The van der Waals surface area contributed by atoms with Gasteiger partial charge in [-0.15, -0.1) is 0 Å². The quantitative estimate of drug-likeness (QED) is 0.867. The van der Waals surface area contributed by atoms with E-state index in [1.54, 1.807) is 13.2 Å². The van der Waals surface area contributed by atoms with Gasteiger partial charge >= 0.3 is 0 Å². The lowest BCUT2D eigenvalue weighted by Gasteiger charge is -2.17. The highest BCUT2D eigenvalue weighted by Crippen LogP contribution is 2.21. The van der Waals surface area contributed by atoms with Crippen LogP contribution in [-0.4, -0.2) is 31.7 Å². The Balaban J connectivity index is 1.98. The third-order valence-electron chi connectivity index (χ3n) is 3.54. The van der Waals surface area contributed by atoms with Gasteiger partial charge in [0, 0.05) is 37.9 Å². The van der Waals surface area contributed by atoms with Crippen molar-refractivity contribution in [2.45, 2.75) is 19.5 Å². The van der Waals surface area contributed by atoms with Gasteiger partial charge in [-0.05, 0) is 18.9 Å². The number of methoxy groups -OCH3 is 1. The molecule has 1 aromatic rings. The minimum atomic E-state index is -0.143. The van der Waals surface area contributed by atoms with Gasteiger partial charge in [-0.3, -0.25) is 4.90 Å². The Hall–Kier alpha value is -0.970. The predicted octanol–water partition coefficient (Wildman–Crippen LogP) is 1.75. The van der Waals surface area contributed by atoms with Crippen LogP contribution in [0.1, 0.15) is 17.5 Å². The summed E-state index contributed by atoms with van der Waals surface area (Å²) in [4.78, 5) is 2.28. The minimum absolute atomic E-state index is 0.143. The lowest BCUT2D eigenvalue weighted by atomic mass is 10.1. The molecular formula is C14H21FN2O. The molecule has 1 saturated heterocycles. The first-order valence-corrected chi connectivity index (χ1v) is 6.42. The van der Waals surface area contributed by atoms with Crippen molar-refractivity contribution in [2.24, 2.45) is 11.7 Å². The first-order chi connectivity index (χ1) is 8.74. The zero-order valence-electron chi connectivity index (χ0n) is 10.9. The van der Waals surface area contributed by atoms with Crippen molar-refractivity contribution in [3.8, 4) is 0 Å². The molecule has 1 unspecified atom stereocenters. The Morgan fingerprint density at radius 2 is 2.22 bits per heavy atom. The predicted molar refractivity (Wildman–Crippen MR) is 69.6 cm³/mol. The van der Waals surface area contributed by atoms with E-state index in [9.17, 15) is 4.39 Å². The summed E-state index contributed by atoms with van der Waals surface area (Å²) < 4.78 is 19.2. The maximum Gasteiger partial charge on any atom is 0.132 e. The number of likely N-dealkylation sites (tertiary alicyclic amines) is 1. The second kappa shape index (κ2) is 6.27. The summed E-state index contributed by atoms with van der Waals surface area (Å²) in [6.07, 6.45) is 1.13. The molecule has 0 bridgehead atoms. The van der Waals surface area contributed by atoms with Crippen molar-refractivity contribution in [1.29, 1.82) is 0 Å². The van der Waals surface area contributed by atoms with Crippen LogP contribution < -0.4 is 5.73 Å². The number of rotatable bonds is 5. The molecule has 1 heterocycles. The highest BCUT2D eigenvalue weighted by Gasteiger charge is 2.23. The molecule has 0 radical (unpaired) electrons. The number of nitrogens with two attached hydrogens (primary N) is 1. The van der Waals surface area contributed by atoms with E-state index in [0.29, 0.717) is 18.0 Å². The second-order valence-corrected chi connectivity index (χ2v) is 4.94. The number of halogens is 1. The summed E-state index contributed by atoms with van der Waals surface area (Å²) in [5.41, 5.74) is 6.86. The molecule has 18 heavy (non-hydrogen) atoms. The fraction of sp³-hybridized carbons (Fsp3) is 0.571. The van der Waals surface area contributed by atoms with Crippen LogP contribution in [0.3, 0.4) is 0 Å². The van der Waals surface area contributed by atoms with Crippen LogP contribution in [0.15, 0.2) is 18.2 Å². The van der Waals surface area contributed by atoms with Crippen LogP contribution in [0, 0.1) is 11.7 Å². The van der Waals surface area contributed by atoms with Crippen LogP contribution >= 0.6 is 0 Å². The molecule has 0 amide bonds. The first kappa shape index (κ1) is 13.5. The Labute approximate surface area is 108 Å². The third kappa shape index (κ3) is 3.07. The van der Waals surface area contributed by atoms with E-state index < -0.39 is 0 Å². The zero-order valence-corrected chi connectivity index (χ0v) is 10.9. The molecule has 2 rings (SSSR count). The Morgan fingerprint density at radius 3 is 2.94 bits per heavy atom. The molecule has 100 valence electrons. The molecule has 1 aromatic carbocycles. The Kier molecular flexibility index (Phi) is 4.69. The normalized spacial score (nSPS) is 20.5. The molecule has 3 nitrogen and oxygen atoms in total. The van der Waals surface area contributed by atoms with Gasteiger partial charge in [0.15, 0.2) is 0 Å². The van der Waals surface area contributed by atoms with Gasteiger partial charge in [-0.2, -0.15) is 0 Å². The molecule has 0 aliphatic carbocycles. The molecule has 1 atom stereocenters. The van der Waals surface area contributed by atoms with Gasteiger partial charge in [-0.1, -0.05) is 18.2 Å². The summed E-state index contributed by atoms with van der Waals surface area (Å²) in [6.45, 7) is 3.72. The fourth-order valence-electron chi connectivity index (χ4n) is 2.58. The first-order valence-electron chi connectivity index (χ1n) is 6.42. The lowest BCUT2D eigenvalue weighted by Crippen LogP contribution is -2.22. The summed E-state index contributed by atoms with van der Waals surface area (Å²) in [7, 11) is 1.73. The van der Waals surface area contributed by atoms with Crippen molar-refractivity contribution in [2.75, 3.05) is 26.8 Å². The highest BCUT2D eigenvalue weighted by atomic mass is 19.1. The van der Waals surface area contributed by atoms with Crippen LogP contribution in [-0.2, 0) is 17.8 Å². The van der Waals surface area contributed by atoms with Gasteiger partial charge in [0.25, 0.3) is 0 Å². The highest BCUT2D eigenvalue weighted by molar-refractivity contribution is 5.26. The Bertz CT molecular complexity index is 397. The zero-order chi connectivity index (χ0) is 13.0.